The summed E-state index contributed by atoms with van der Waals surface area (Å²) in [6.45, 7) is 2.11. The van der Waals surface area contributed by atoms with Gasteiger partial charge in [0.1, 0.15) is 0 Å². The quantitative estimate of drug-likeness (QED) is 0.554. The van der Waals surface area contributed by atoms with Crippen molar-refractivity contribution >= 4 is 0 Å². The van der Waals surface area contributed by atoms with Gasteiger partial charge in [-0.1, -0.05) is 0 Å². The summed E-state index contributed by atoms with van der Waals surface area (Å²) in [4.78, 5) is 2.29. The summed E-state index contributed by atoms with van der Waals surface area (Å²) in [7, 11) is 5.55. The van der Waals surface area contributed by atoms with Crippen LogP contribution in [0.2, 0.25) is 0 Å². The highest BCUT2D eigenvalue weighted by Gasteiger charge is 2.32. The van der Waals surface area contributed by atoms with E-state index < -0.39 is 0 Å². The van der Waals surface area contributed by atoms with Crippen LogP contribution in [0.5, 0.6) is 0 Å². The summed E-state index contributed by atoms with van der Waals surface area (Å²) in [6, 6.07) is 0. The van der Waals surface area contributed by atoms with Crippen LogP contribution in [0, 0.1) is 0 Å². The van der Waals surface area contributed by atoms with E-state index >= 15 is 0 Å². The Morgan fingerprint density at radius 1 is 1.09 bits per heavy atom. The van der Waals surface area contributed by atoms with Crippen molar-refractivity contribution in [1.29, 1.82) is 0 Å². The molecule has 3 heteroatoms. The summed E-state index contributed by atoms with van der Waals surface area (Å²) in [5, 5.41) is 0. The standard InChI is InChI=1S/C8H17NO2/c1-9-6-4-8(10-2,11-3)5-7-9/h4-7H2,1-3H3. The molecule has 0 saturated carbocycles. The van der Waals surface area contributed by atoms with Crippen LogP contribution in [0.3, 0.4) is 0 Å². The Hall–Kier alpha value is -0.120. The van der Waals surface area contributed by atoms with Crippen LogP contribution in [-0.4, -0.2) is 45.0 Å². The summed E-state index contributed by atoms with van der Waals surface area (Å²) in [6.07, 6.45) is 1.94. The molecule has 0 bridgehead atoms. The third-order valence-corrected chi connectivity index (χ3v) is 2.49. The number of rotatable bonds is 2. The molecule has 0 aromatic rings. The van der Waals surface area contributed by atoms with Crippen molar-refractivity contribution in [2.45, 2.75) is 18.6 Å². The Kier molecular flexibility index (Phi) is 2.87. The summed E-state index contributed by atoms with van der Waals surface area (Å²) < 4.78 is 10.7. The molecule has 0 atom stereocenters. The van der Waals surface area contributed by atoms with Gasteiger partial charge in [0.05, 0.1) is 0 Å². The van der Waals surface area contributed by atoms with Gasteiger partial charge < -0.3 is 14.4 Å². The van der Waals surface area contributed by atoms with E-state index in [9.17, 15) is 0 Å². The first kappa shape index (κ1) is 8.97. The number of likely N-dealkylation sites (tertiary alicyclic amines) is 1. The first-order valence-electron chi connectivity index (χ1n) is 4.01. The molecule has 3 nitrogen and oxygen atoms in total. The monoisotopic (exact) mass is 159 g/mol. The lowest BCUT2D eigenvalue weighted by Gasteiger charge is -2.38. The Labute approximate surface area is 68.3 Å². The number of methoxy groups -OCH3 is 2. The maximum Gasteiger partial charge on any atom is 0.169 e. The highest BCUT2D eigenvalue weighted by atomic mass is 16.7. The highest BCUT2D eigenvalue weighted by molar-refractivity contribution is 4.77. The fourth-order valence-electron chi connectivity index (χ4n) is 1.45. The molecule has 1 saturated heterocycles. The molecule has 0 radical (unpaired) electrons. The molecule has 66 valence electrons. The minimum atomic E-state index is -0.299. The molecule has 0 spiro atoms. The van der Waals surface area contributed by atoms with E-state index in [1.165, 1.54) is 0 Å². The largest absolute Gasteiger partial charge is 0.353 e. The van der Waals surface area contributed by atoms with Crippen LogP contribution >= 0.6 is 0 Å². The topological polar surface area (TPSA) is 21.7 Å². The number of hydrogen-bond acceptors (Lipinski definition) is 3. The molecule has 1 fully saturated rings. The molecule has 1 aliphatic rings. The van der Waals surface area contributed by atoms with Crippen molar-refractivity contribution in [3.63, 3.8) is 0 Å². The van der Waals surface area contributed by atoms with Gasteiger partial charge in [0.15, 0.2) is 5.79 Å². The highest BCUT2D eigenvalue weighted by Crippen LogP contribution is 2.25. The van der Waals surface area contributed by atoms with Crippen LogP contribution in [0.15, 0.2) is 0 Å². The second kappa shape index (κ2) is 3.52. The normalized spacial score (nSPS) is 25.4. The van der Waals surface area contributed by atoms with E-state index in [0.29, 0.717) is 0 Å². The van der Waals surface area contributed by atoms with E-state index in [4.69, 9.17) is 9.47 Å². The molecule has 0 N–H and O–H groups in total. The predicted molar refractivity (Wildman–Crippen MR) is 43.5 cm³/mol. The minimum Gasteiger partial charge on any atom is -0.353 e. The number of ether oxygens (including phenoxy) is 2. The fourth-order valence-corrected chi connectivity index (χ4v) is 1.45. The molecular weight excluding hydrogens is 142 g/mol. The average Bonchev–Trinajstić information content (AvgIpc) is 2.07. The van der Waals surface area contributed by atoms with Gasteiger partial charge >= 0.3 is 0 Å². The van der Waals surface area contributed by atoms with Crippen molar-refractivity contribution < 1.29 is 9.47 Å². The van der Waals surface area contributed by atoms with Crippen LogP contribution in [0.1, 0.15) is 12.8 Å². The molecule has 0 aromatic carbocycles. The van der Waals surface area contributed by atoms with E-state index in [0.717, 1.165) is 25.9 Å². The Morgan fingerprint density at radius 2 is 1.55 bits per heavy atom. The molecule has 0 unspecified atom stereocenters. The van der Waals surface area contributed by atoms with E-state index in [1.54, 1.807) is 14.2 Å². The van der Waals surface area contributed by atoms with Crippen molar-refractivity contribution in [3.05, 3.63) is 0 Å². The molecule has 1 aliphatic heterocycles. The van der Waals surface area contributed by atoms with E-state index in [2.05, 4.69) is 11.9 Å². The molecular formula is C8H17NO2. The Bertz CT molecular complexity index is 113. The minimum absolute atomic E-state index is 0.299. The molecule has 1 rings (SSSR count). The van der Waals surface area contributed by atoms with Gasteiger partial charge in [0.2, 0.25) is 0 Å². The maximum atomic E-state index is 5.33. The van der Waals surface area contributed by atoms with Gasteiger partial charge in [-0.25, -0.2) is 0 Å². The van der Waals surface area contributed by atoms with Crippen molar-refractivity contribution in [2.24, 2.45) is 0 Å². The van der Waals surface area contributed by atoms with Crippen LogP contribution in [-0.2, 0) is 9.47 Å². The van der Waals surface area contributed by atoms with E-state index in [1.807, 2.05) is 0 Å². The van der Waals surface area contributed by atoms with Crippen LogP contribution in [0.25, 0.3) is 0 Å². The van der Waals surface area contributed by atoms with Gasteiger partial charge in [-0.3, -0.25) is 0 Å². The molecule has 0 aliphatic carbocycles. The van der Waals surface area contributed by atoms with Gasteiger partial charge in [-0.2, -0.15) is 0 Å². The maximum absolute atomic E-state index is 5.33. The lowest BCUT2D eigenvalue weighted by molar-refractivity contribution is -0.227. The predicted octanol–water partition coefficient (Wildman–Crippen LogP) is 0.701. The SMILES string of the molecule is COC1(OC)CCN(C)CC1. The van der Waals surface area contributed by atoms with Gasteiger partial charge in [-0.15, -0.1) is 0 Å². The van der Waals surface area contributed by atoms with Crippen molar-refractivity contribution in [1.82, 2.24) is 4.90 Å². The average molecular weight is 159 g/mol. The second-order valence-corrected chi connectivity index (χ2v) is 3.12. The van der Waals surface area contributed by atoms with Gasteiger partial charge in [0.25, 0.3) is 0 Å². The lowest BCUT2D eigenvalue weighted by Crippen LogP contribution is -2.45. The van der Waals surface area contributed by atoms with Crippen molar-refractivity contribution in [2.75, 3.05) is 34.4 Å². The summed E-state index contributed by atoms with van der Waals surface area (Å²) in [5.74, 6) is -0.299. The third-order valence-electron chi connectivity index (χ3n) is 2.49. The zero-order valence-electron chi connectivity index (χ0n) is 7.59. The summed E-state index contributed by atoms with van der Waals surface area (Å²) >= 11 is 0. The van der Waals surface area contributed by atoms with Crippen LogP contribution in [0.4, 0.5) is 0 Å². The van der Waals surface area contributed by atoms with Crippen molar-refractivity contribution in [3.8, 4) is 0 Å². The fraction of sp³-hybridized carbons (Fsp3) is 1.00. The summed E-state index contributed by atoms with van der Waals surface area (Å²) in [5.41, 5.74) is 0. The molecule has 0 amide bonds. The molecule has 0 aromatic heterocycles. The number of nitrogens with zero attached hydrogens (tertiary/aromatic N) is 1. The van der Waals surface area contributed by atoms with Gasteiger partial charge in [0, 0.05) is 40.2 Å². The smallest absolute Gasteiger partial charge is 0.169 e. The Morgan fingerprint density at radius 3 is 1.91 bits per heavy atom. The first-order chi connectivity index (χ1) is 5.22. The zero-order valence-corrected chi connectivity index (χ0v) is 7.59. The third kappa shape index (κ3) is 1.92. The Balaban J connectivity index is 2.45. The zero-order chi connectivity index (χ0) is 8.32. The lowest BCUT2D eigenvalue weighted by atomic mass is 10.0. The van der Waals surface area contributed by atoms with Gasteiger partial charge in [-0.05, 0) is 7.05 Å². The first-order valence-corrected chi connectivity index (χ1v) is 4.01. The number of piperidine rings is 1. The van der Waals surface area contributed by atoms with Crippen LogP contribution < -0.4 is 0 Å². The van der Waals surface area contributed by atoms with E-state index in [-0.39, 0.29) is 5.79 Å². The molecule has 11 heavy (non-hydrogen) atoms. The second-order valence-electron chi connectivity index (χ2n) is 3.12. The molecule has 1 heterocycles. The number of hydrogen-bond donors (Lipinski definition) is 0.